The monoisotopic (exact) mass is 297 g/mol. The molecular formula is C19H23NO2. The highest BCUT2D eigenvalue weighted by atomic mass is 16.5. The molecule has 0 aliphatic heterocycles. The van der Waals surface area contributed by atoms with Crippen LogP contribution in [0.5, 0.6) is 5.75 Å². The average molecular weight is 297 g/mol. The first kappa shape index (κ1) is 16.1. The van der Waals surface area contributed by atoms with Crippen molar-refractivity contribution >= 4 is 5.91 Å². The van der Waals surface area contributed by atoms with Crippen molar-refractivity contribution in [3.05, 3.63) is 65.2 Å². The number of benzene rings is 2. The van der Waals surface area contributed by atoms with Gasteiger partial charge in [0.2, 0.25) is 5.91 Å². The highest BCUT2D eigenvalue weighted by molar-refractivity contribution is 5.76. The Morgan fingerprint density at radius 3 is 2.32 bits per heavy atom. The third-order valence-corrected chi connectivity index (χ3v) is 3.75. The third kappa shape index (κ3) is 4.62. The predicted octanol–water partition coefficient (Wildman–Crippen LogP) is 3.81. The largest absolute Gasteiger partial charge is 0.497 e. The van der Waals surface area contributed by atoms with E-state index in [1.807, 2.05) is 31.2 Å². The second-order valence-electron chi connectivity index (χ2n) is 5.55. The molecule has 0 radical (unpaired) electrons. The summed E-state index contributed by atoms with van der Waals surface area (Å²) in [5.74, 6) is 0.907. The maximum Gasteiger partial charge on any atom is 0.220 e. The van der Waals surface area contributed by atoms with Gasteiger partial charge in [0, 0.05) is 6.42 Å². The van der Waals surface area contributed by atoms with Crippen LogP contribution in [0.3, 0.4) is 0 Å². The molecule has 0 fully saturated rings. The van der Waals surface area contributed by atoms with E-state index in [1.165, 1.54) is 5.56 Å². The van der Waals surface area contributed by atoms with Crippen molar-refractivity contribution in [2.45, 2.75) is 32.7 Å². The highest BCUT2D eigenvalue weighted by Gasteiger charge is 2.09. The molecule has 0 saturated heterocycles. The van der Waals surface area contributed by atoms with Gasteiger partial charge < -0.3 is 10.1 Å². The maximum atomic E-state index is 12.1. The first-order valence-electron chi connectivity index (χ1n) is 7.57. The molecule has 0 saturated carbocycles. The number of carbonyl (C=O) groups excluding carboxylic acids is 1. The van der Waals surface area contributed by atoms with Gasteiger partial charge in [-0.15, -0.1) is 0 Å². The van der Waals surface area contributed by atoms with Gasteiger partial charge >= 0.3 is 0 Å². The first-order valence-corrected chi connectivity index (χ1v) is 7.57. The molecule has 0 aliphatic rings. The zero-order valence-electron chi connectivity index (χ0n) is 13.4. The average Bonchev–Trinajstić information content (AvgIpc) is 2.54. The van der Waals surface area contributed by atoms with Crippen molar-refractivity contribution in [3.63, 3.8) is 0 Å². The summed E-state index contributed by atoms with van der Waals surface area (Å²) in [5.41, 5.74) is 3.49. The van der Waals surface area contributed by atoms with Crippen LogP contribution in [-0.4, -0.2) is 13.0 Å². The topological polar surface area (TPSA) is 38.3 Å². The second-order valence-corrected chi connectivity index (χ2v) is 5.55. The van der Waals surface area contributed by atoms with E-state index < -0.39 is 0 Å². The van der Waals surface area contributed by atoms with E-state index in [2.05, 4.69) is 36.5 Å². The highest BCUT2D eigenvalue weighted by Crippen LogP contribution is 2.15. The van der Waals surface area contributed by atoms with Crippen LogP contribution in [0.1, 0.15) is 36.1 Å². The lowest BCUT2D eigenvalue weighted by Gasteiger charge is -2.14. The van der Waals surface area contributed by atoms with Gasteiger partial charge in [-0.05, 0) is 43.5 Å². The van der Waals surface area contributed by atoms with E-state index in [4.69, 9.17) is 4.74 Å². The summed E-state index contributed by atoms with van der Waals surface area (Å²) >= 11 is 0. The Balaban J connectivity index is 1.83. The van der Waals surface area contributed by atoms with Crippen molar-refractivity contribution in [2.24, 2.45) is 0 Å². The van der Waals surface area contributed by atoms with Gasteiger partial charge in [-0.2, -0.15) is 0 Å². The lowest BCUT2D eigenvalue weighted by molar-refractivity contribution is -0.121. The van der Waals surface area contributed by atoms with Gasteiger partial charge in [0.1, 0.15) is 5.75 Å². The third-order valence-electron chi connectivity index (χ3n) is 3.75. The molecule has 3 nitrogen and oxygen atoms in total. The number of aryl methyl sites for hydroxylation is 2. The molecule has 22 heavy (non-hydrogen) atoms. The molecule has 0 heterocycles. The van der Waals surface area contributed by atoms with Crippen molar-refractivity contribution in [1.82, 2.24) is 5.32 Å². The van der Waals surface area contributed by atoms with Gasteiger partial charge in [-0.25, -0.2) is 0 Å². The summed E-state index contributed by atoms with van der Waals surface area (Å²) in [6.45, 7) is 4.07. The SMILES string of the molecule is COc1ccc(CCC(=O)NC(C)c2ccc(C)cc2)cc1. The number of ether oxygens (including phenoxy) is 1. The molecule has 1 unspecified atom stereocenters. The maximum absolute atomic E-state index is 12.1. The lowest BCUT2D eigenvalue weighted by Crippen LogP contribution is -2.26. The van der Waals surface area contributed by atoms with Crippen molar-refractivity contribution in [2.75, 3.05) is 7.11 Å². The number of methoxy groups -OCH3 is 1. The van der Waals surface area contributed by atoms with Gasteiger partial charge in [-0.3, -0.25) is 4.79 Å². The van der Waals surface area contributed by atoms with Crippen LogP contribution >= 0.6 is 0 Å². The molecule has 2 aromatic carbocycles. The Morgan fingerprint density at radius 2 is 1.73 bits per heavy atom. The van der Waals surface area contributed by atoms with E-state index in [-0.39, 0.29) is 11.9 Å². The number of hydrogen-bond acceptors (Lipinski definition) is 2. The Labute approximate surface area is 132 Å². The van der Waals surface area contributed by atoms with E-state index in [1.54, 1.807) is 7.11 Å². The Kier molecular flexibility index (Phi) is 5.59. The number of nitrogens with one attached hydrogen (secondary N) is 1. The number of hydrogen-bond donors (Lipinski definition) is 1. The van der Waals surface area contributed by atoms with Gasteiger partial charge in [0.05, 0.1) is 13.2 Å². The number of carbonyl (C=O) groups is 1. The molecule has 116 valence electrons. The van der Waals surface area contributed by atoms with Gasteiger partial charge in [0.15, 0.2) is 0 Å². The molecule has 3 heteroatoms. The van der Waals surface area contributed by atoms with E-state index >= 15 is 0 Å². The van der Waals surface area contributed by atoms with Crippen LogP contribution in [-0.2, 0) is 11.2 Å². The molecule has 0 bridgehead atoms. The minimum Gasteiger partial charge on any atom is -0.497 e. The molecular weight excluding hydrogens is 274 g/mol. The standard InChI is InChI=1S/C19H23NO2/c1-14-4-9-17(10-5-14)15(2)20-19(21)13-8-16-6-11-18(22-3)12-7-16/h4-7,9-12,15H,8,13H2,1-3H3,(H,20,21). The van der Waals surface area contributed by atoms with E-state index in [0.29, 0.717) is 6.42 Å². The zero-order valence-corrected chi connectivity index (χ0v) is 13.4. The summed E-state index contributed by atoms with van der Waals surface area (Å²) in [6.07, 6.45) is 1.22. The van der Waals surface area contributed by atoms with Crippen LogP contribution in [0.2, 0.25) is 0 Å². The Hall–Kier alpha value is -2.29. The summed E-state index contributed by atoms with van der Waals surface area (Å²) in [4.78, 5) is 12.1. The van der Waals surface area contributed by atoms with Crippen LogP contribution in [0, 0.1) is 6.92 Å². The van der Waals surface area contributed by atoms with Gasteiger partial charge in [0.25, 0.3) is 0 Å². The Bertz CT molecular complexity index is 602. The quantitative estimate of drug-likeness (QED) is 0.880. The molecule has 1 N–H and O–H groups in total. The molecule has 0 aromatic heterocycles. The fraction of sp³-hybridized carbons (Fsp3) is 0.316. The minimum atomic E-state index is 0.0315. The smallest absolute Gasteiger partial charge is 0.220 e. The molecule has 2 rings (SSSR count). The molecule has 0 aliphatic carbocycles. The van der Waals surface area contributed by atoms with E-state index in [0.717, 1.165) is 23.3 Å². The number of amides is 1. The lowest BCUT2D eigenvalue weighted by atomic mass is 10.1. The summed E-state index contributed by atoms with van der Waals surface area (Å²) < 4.78 is 5.13. The fourth-order valence-corrected chi connectivity index (χ4v) is 2.30. The fourth-order valence-electron chi connectivity index (χ4n) is 2.30. The molecule has 2 aromatic rings. The molecule has 1 atom stereocenters. The zero-order chi connectivity index (χ0) is 15.9. The van der Waals surface area contributed by atoms with Crippen molar-refractivity contribution in [1.29, 1.82) is 0 Å². The summed E-state index contributed by atoms with van der Waals surface area (Å²) in [6, 6.07) is 16.1. The predicted molar refractivity (Wildman–Crippen MR) is 89.1 cm³/mol. The summed E-state index contributed by atoms with van der Waals surface area (Å²) in [7, 11) is 1.65. The van der Waals surface area contributed by atoms with Crippen molar-refractivity contribution < 1.29 is 9.53 Å². The van der Waals surface area contributed by atoms with Crippen LogP contribution in [0.4, 0.5) is 0 Å². The number of rotatable bonds is 6. The normalized spacial score (nSPS) is 11.8. The summed E-state index contributed by atoms with van der Waals surface area (Å²) in [5, 5.41) is 3.04. The van der Waals surface area contributed by atoms with Crippen LogP contribution < -0.4 is 10.1 Å². The van der Waals surface area contributed by atoms with Crippen LogP contribution in [0.25, 0.3) is 0 Å². The molecule has 1 amide bonds. The van der Waals surface area contributed by atoms with Crippen LogP contribution in [0.15, 0.2) is 48.5 Å². The molecule has 0 spiro atoms. The Morgan fingerprint density at radius 1 is 1.09 bits per heavy atom. The second kappa shape index (κ2) is 7.64. The van der Waals surface area contributed by atoms with Gasteiger partial charge in [-0.1, -0.05) is 42.0 Å². The van der Waals surface area contributed by atoms with Crippen molar-refractivity contribution in [3.8, 4) is 5.75 Å². The minimum absolute atomic E-state index is 0.0315. The first-order chi connectivity index (χ1) is 10.6. The van der Waals surface area contributed by atoms with E-state index in [9.17, 15) is 4.79 Å².